The van der Waals surface area contributed by atoms with Crippen LogP contribution in [0.3, 0.4) is 0 Å². The molecule has 3 atom stereocenters. The van der Waals surface area contributed by atoms with E-state index >= 15 is 0 Å². The summed E-state index contributed by atoms with van der Waals surface area (Å²) in [6.45, 7) is 4.95. The van der Waals surface area contributed by atoms with Crippen LogP contribution in [0, 0.1) is 6.92 Å². The van der Waals surface area contributed by atoms with Gasteiger partial charge in [0.05, 0.1) is 31.5 Å². The molecule has 1 saturated heterocycles. The van der Waals surface area contributed by atoms with Crippen LogP contribution in [-0.4, -0.2) is 35.6 Å². The third kappa shape index (κ3) is 3.82. The van der Waals surface area contributed by atoms with Crippen molar-refractivity contribution in [2.45, 2.75) is 64.3 Å². The Labute approximate surface area is 167 Å². The number of aliphatic hydroxyl groups is 2. The Kier molecular flexibility index (Phi) is 5.72. The number of hydrogen-bond acceptors (Lipinski definition) is 4. The summed E-state index contributed by atoms with van der Waals surface area (Å²) in [7, 11) is 0. The molecular formula is C24H30O4. The molecule has 3 unspecified atom stereocenters. The first-order chi connectivity index (χ1) is 13.6. The summed E-state index contributed by atoms with van der Waals surface area (Å²) in [5.41, 5.74) is 7.38. The SMILES string of the molecule is CCc1ccc(Cc2cc(C3CC(O)CC(CO)O3)c(C)c3c2OCC3)cc1. The fourth-order valence-corrected chi connectivity index (χ4v) is 4.52. The minimum Gasteiger partial charge on any atom is -0.493 e. The lowest BCUT2D eigenvalue weighted by molar-refractivity contribution is -0.114. The summed E-state index contributed by atoms with van der Waals surface area (Å²) in [5, 5.41) is 19.8. The first-order valence-electron chi connectivity index (χ1n) is 10.4. The van der Waals surface area contributed by atoms with Crippen LogP contribution in [0.25, 0.3) is 0 Å². The van der Waals surface area contributed by atoms with Gasteiger partial charge in [0, 0.05) is 31.2 Å². The van der Waals surface area contributed by atoms with Gasteiger partial charge in [0.2, 0.25) is 0 Å². The standard InChI is InChI=1S/C24H30O4/c1-3-16-4-6-17(7-5-16)10-18-11-22(15(2)21-8-9-27-24(18)21)23-13-19(26)12-20(14-25)28-23/h4-7,11,19-20,23,25-26H,3,8-10,12-14H2,1-2H3. The molecule has 150 valence electrons. The van der Waals surface area contributed by atoms with Crippen molar-refractivity contribution in [2.75, 3.05) is 13.2 Å². The zero-order valence-corrected chi connectivity index (χ0v) is 16.8. The highest BCUT2D eigenvalue weighted by molar-refractivity contribution is 5.54. The average Bonchev–Trinajstić information content (AvgIpc) is 3.21. The number of aryl methyl sites for hydroxylation is 1. The summed E-state index contributed by atoms with van der Waals surface area (Å²) < 4.78 is 12.1. The first-order valence-corrected chi connectivity index (χ1v) is 10.4. The second kappa shape index (κ2) is 8.24. The smallest absolute Gasteiger partial charge is 0.126 e. The van der Waals surface area contributed by atoms with E-state index in [2.05, 4.69) is 44.2 Å². The molecule has 4 nitrogen and oxygen atoms in total. The van der Waals surface area contributed by atoms with Gasteiger partial charge in [-0.25, -0.2) is 0 Å². The van der Waals surface area contributed by atoms with Crippen LogP contribution < -0.4 is 4.74 Å². The van der Waals surface area contributed by atoms with Crippen LogP contribution in [0.1, 0.15) is 59.3 Å². The minimum absolute atomic E-state index is 0.0582. The van der Waals surface area contributed by atoms with Gasteiger partial charge in [-0.2, -0.15) is 0 Å². The van der Waals surface area contributed by atoms with Gasteiger partial charge in [-0.15, -0.1) is 0 Å². The van der Waals surface area contributed by atoms with E-state index in [-0.39, 0.29) is 18.8 Å². The second-order valence-electron chi connectivity index (χ2n) is 8.06. The van der Waals surface area contributed by atoms with E-state index in [9.17, 15) is 10.2 Å². The van der Waals surface area contributed by atoms with Crippen LogP contribution in [0.2, 0.25) is 0 Å². The number of benzene rings is 2. The lowest BCUT2D eigenvalue weighted by atomic mass is 9.87. The quantitative estimate of drug-likeness (QED) is 0.829. The van der Waals surface area contributed by atoms with Crippen LogP contribution >= 0.6 is 0 Å². The van der Waals surface area contributed by atoms with E-state index in [0.717, 1.165) is 37.2 Å². The highest BCUT2D eigenvalue weighted by Gasteiger charge is 2.32. The summed E-state index contributed by atoms with van der Waals surface area (Å²) in [4.78, 5) is 0. The summed E-state index contributed by atoms with van der Waals surface area (Å²) in [6.07, 6.45) is 2.91. The number of ether oxygens (including phenoxy) is 2. The van der Waals surface area contributed by atoms with Crippen LogP contribution in [0.15, 0.2) is 30.3 Å². The van der Waals surface area contributed by atoms with Crippen LogP contribution in [-0.2, 0) is 24.0 Å². The van der Waals surface area contributed by atoms with Crippen molar-refractivity contribution in [3.05, 3.63) is 63.7 Å². The molecule has 0 aliphatic carbocycles. The van der Waals surface area contributed by atoms with Gasteiger partial charge in [-0.05, 0) is 47.2 Å². The summed E-state index contributed by atoms with van der Waals surface area (Å²) >= 11 is 0. The number of hydrogen-bond donors (Lipinski definition) is 2. The maximum atomic E-state index is 10.3. The second-order valence-corrected chi connectivity index (χ2v) is 8.06. The fraction of sp³-hybridized carbons (Fsp3) is 0.500. The van der Waals surface area contributed by atoms with E-state index in [4.69, 9.17) is 9.47 Å². The van der Waals surface area contributed by atoms with Crippen LogP contribution in [0.5, 0.6) is 5.75 Å². The molecule has 2 aromatic rings. The van der Waals surface area contributed by atoms with Crippen molar-refractivity contribution in [1.29, 1.82) is 0 Å². The normalized spacial score (nSPS) is 24.1. The molecule has 2 aliphatic heterocycles. The Balaban J connectivity index is 1.69. The Hall–Kier alpha value is -1.88. The molecule has 2 N–H and O–H groups in total. The van der Waals surface area contributed by atoms with Crippen molar-refractivity contribution in [3.63, 3.8) is 0 Å². The molecule has 0 bridgehead atoms. The zero-order valence-electron chi connectivity index (χ0n) is 16.8. The van der Waals surface area contributed by atoms with E-state index < -0.39 is 6.10 Å². The average molecular weight is 383 g/mol. The molecular weight excluding hydrogens is 352 g/mol. The number of fused-ring (bicyclic) bond motifs is 1. The monoisotopic (exact) mass is 382 g/mol. The predicted octanol–water partition coefficient (Wildman–Crippen LogP) is 3.66. The van der Waals surface area contributed by atoms with Gasteiger partial charge in [0.25, 0.3) is 0 Å². The largest absolute Gasteiger partial charge is 0.493 e. The number of rotatable bonds is 5. The summed E-state index contributed by atoms with van der Waals surface area (Å²) in [5.74, 6) is 1.02. The third-order valence-corrected chi connectivity index (χ3v) is 6.13. The van der Waals surface area contributed by atoms with E-state index in [0.29, 0.717) is 12.8 Å². The highest BCUT2D eigenvalue weighted by Crippen LogP contribution is 2.41. The van der Waals surface area contributed by atoms with Crippen molar-refractivity contribution < 1.29 is 19.7 Å². The van der Waals surface area contributed by atoms with E-state index in [1.54, 1.807) is 0 Å². The molecule has 1 fully saturated rings. The number of aliphatic hydroxyl groups excluding tert-OH is 2. The lowest BCUT2D eigenvalue weighted by Gasteiger charge is -2.34. The Morgan fingerprint density at radius 3 is 2.57 bits per heavy atom. The van der Waals surface area contributed by atoms with E-state index in [1.807, 2.05) is 0 Å². The van der Waals surface area contributed by atoms with Gasteiger partial charge < -0.3 is 19.7 Å². The molecule has 0 aromatic heterocycles. The molecule has 4 rings (SSSR count). The lowest BCUT2D eigenvalue weighted by Crippen LogP contribution is -2.33. The van der Waals surface area contributed by atoms with Gasteiger partial charge in [0.1, 0.15) is 5.75 Å². The van der Waals surface area contributed by atoms with Crippen molar-refractivity contribution in [1.82, 2.24) is 0 Å². The maximum absolute atomic E-state index is 10.3. The van der Waals surface area contributed by atoms with Gasteiger partial charge in [0.15, 0.2) is 0 Å². The molecule has 2 heterocycles. The predicted molar refractivity (Wildman–Crippen MR) is 109 cm³/mol. The van der Waals surface area contributed by atoms with Crippen molar-refractivity contribution >= 4 is 0 Å². The Bertz CT molecular complexity index is 827. The molecule has 4 heteroatoms. The topological polar surface area (TPSA) is 58.9 Å². The molecule has 0 radical (unpaired) electrons. The highest BCUT2D eigenvalue weighted by atomic mass is 16.5. The van der Waals surface area contributed by atoms with Crippen LogP contribution in [0.4, 0.5) is 0 Å². The van der Waals surface area contributed by atoms with Gasteiger partial charge in [-0.3, -0.25) is 0 Å². The molecule has 0 spiro atoms. The molecule has 2 aromatic carbocycles. The van der Waals surface area contributed by atoms with Crippen molar-refractivity contribution in [2.24, 2.45) is 0 Å². The molecule has 0 saturated carbocycles. The van der Waals surface area contributed by atoms with Crippen molar-refractivity contribution in [3.8, 4) is 5.75 Å². The minimum atomic E-state index is -0.440. The third-order valence-electron chi connectivity index (χ3n) is 6.13. The molecule has 0 amide bonds. The van der Waals surface area contributed by atoms with Gasteiger partial charge >= 0.3 is 0 Å². The Morgan fingerprint density at radius 2 is 1.86 bits per heavy atom. The maximum Gasteiger partial charge on any atom is 0.126 e. The fourth-order valence-electron chi connectivity index (χ4n) is 4.52. The first kappa shape index (κ1) is 19.4. The molecule has 28 heavy (non-hydrogen) atoms. The Morgan fingerprint density at radius 1 is 1.11 bits per heavy atom. The van der Waals surface area contributed by atoms with E-state index in [1.165, 1.54) is 27.8 Å². The zero-order chi connectivity index (χ0) is 19.7. The molecule has 2 aliphatic rings. The summed E-state index contributed by atoms with van der Waals surface area (Å²) in [6, 6.07) is 11.0. The van der Waals surface area contributed by atoms with Gasteiger partial charge in [-0.1, -0.05) is 31.2 Å².